The molecule has 2 saturated heterocycles. The lowest BCUT2D eigenvalue weighted by Gasteiger charge is -2.34. The second kappa shape index (κ2) is 28.3. The van der Waals surface area contributed by atoms with Crippen LogP contribution in [0.4, 0.5) is 4.79 Å². The van der Waals surface area contributed by atoms with E-state index in [4.69, 9.17) is 14.2 Å². The molecule has 4 fully saturated rings. The average Bonchev–Trinajstić information content (AvgIpc) is 3.76. The number of rotatable bonds is 9. The Hall–Kier alpha value is -1.45. The van der Waals surface area contributed by atoms with Gasteiger partial charge in [-0.3, -0.25) is 14.2 Å². The number of ketones is 2. The molecule has 0 aromatic carbocycles. The topological polar surface area (TPSA) is 146 Å². The molecule has 286 valence electrons. The minimum absolute atomic E-state index is 0.130. The second-order valence-electron chi connectivity index (χ2n) is 12.5. The number of carbonyl (C=O) groups excluding carboxylic acids is 3. The molecule has 14 nitrogen and oxygen atoms in total. The van der Waals surface area contributed by atoms with Crippen LogP contribution in [-0.2, 0) is 38.2 Å². The van der Waals surface area contributed by atoms with Gasteiger partial charge in [0.15, 0.2) is 0 Å². The molecule has 2 saturated carbocycles. The smallest absolute Gasteiger partial charge is 0.319 e. The molecule has 2 amide bonds. The summed E-state index contributed by atoms with van der Waals surface area (Å²) >= 11 is 0. The highest BCUT2D eigenvalue weighted by molar-refractivity contribution is 7.91. The standard InChI is InChI=1S/C6H18N3OP.C6H14O3.C6H10O.C5H10N2O.C5H8O.C4H8O2S/c1-7(2)11(10,8(3)4)9(5)6;1-7-3-5-9-6-4-8-2;7-6-4-2-1-3-5-6;1-6-3-4-7(2)5(6)8;6-5-3-1-2-4-5;5-7(6)3-1-2-4-7/h1-6H3;3-6H2,1-2H3;1-5H2;3-4H2,1-2H3;1-4H2;1-4H2. The Bertz CT molecular complexity index is 955. The van der Waals surface area contributed by atoms with Crippen molar-refractivity contribution in [2.24, 2.45) is 0 Å². The van der Waals surface area contributed by atoms with E-state index in [2.05, 4.69) is 0 Å². The zero-order valence-electron chi connectivity index (χ0n) is 31.7. The zero-order valence-corrected chi connectivity index (χ0v) is 33.4. The quantitative estimate of drug-likeness (QED) is 0.251. The van der Waals surface area contributed by atoms with E-state index >= 15 is 0 Å². The molecule has 0 spiro atoms. The minimum atomic E-state index is -2.55. The number of hydrogen-bond acceptors (Lipinski definition) is 9. The molecule has 48 heavy (non-hydrogen) atoms. The summed E-state index contributed by atoms with van der Waals surface area (Å²) in [5, 5.41) is 0. The van der Waals surface area contributed by atoms with Crippen LogP contribution in [0, 0.1) is 0 Å². The number of amides is 2. The Morgan fingerprint density at radius 2 is 0.938 bits per heavy atom. The number of carbonyl (C=O) groups is 3. The summed E-state index contributed by atoms with van der Waals surface area (Å²) in [6.45, 7) is 4.36. The third-order valence-electron chi connectivity index (χ3n) is 7.58. The van der Waals surface area contributed by atoms with E-state index in [0.717, 1.165) is 77.3 Å². The molecule has 4 rings (SSSR count). The van der Waals surface area contributed by atoms with Gasteiger partial charge in [0.1, 0.15) is 21.4 Å². The fourth-order valence-corrected chi connectivity index (χ4v) is 8.34. The number of urea groups is 1. The van der Waals surface area contributed by atoms with Crippen LogP contribution in [0.25, 0.3) is 0 Å². The Balaban J connectivity index is 0. The lowest BCUT2D eigenvalue weighted by atomic mass is 10.00. The lowest BCUT2D eigenvalue weighted by Crippen LogP contribution is -2.30. The van der Waals surface area contributed by atoms with Gasteiger partial charge in [0.2, 0.25) is 0 Å². The SMILES string of the molecule is CN(C)P(=O)(N(C)C)N(C)C.CN1CCN(C)C1=O.COCCOCCOC.O=C1CCCC1.O=C1CCCCC1.O=S1(=O)CCCC1. The number of ether oxygens (including phenoxy) is 3. The van der Waals surface area contributed by atoms with Crippen molar-refractivity contribution in [2.75, 3.05) is 122 Å². The Kier molecular flexibility index (Phi) is 28.7. The van der Waals surface area contributed by atoms with Crippen molar-refractivity contribution in [3.8, 4) is 0 Å². The van der Waals surface area contributed by atoms with Gasteiger partial charge in [0.05, 0.1) is 37.9 Å². The zero-order chi connectivity index (χ0) is 37.2. The number of Topliss-reactive ketones (excluding diaryl/α,β-unsaturated/α-hetero) is 2. The fraction of sp³-hybridized carbons (Fsp3) is 0.906. The Morgan fingerprint density at radius 1 is 0.604 bits per heavy atom. The summed E-state index contributed by atoms with van der Waals surface area (Å²) in [7, 11) is 12.9. The maximum absolute atomic E-state index is 12.1. The maximum Gasteiger partial charge on any atom is 0.319 e. The summed E-state index contributed by atoms with van der Waals surface area (Å²) in [5.41, 5.74) is 0. The highest BCUT2D eigenvalue weighted by Gasteiger charge is 2.30. The molecule has 0 atom stereocenters. The van der Waals surface area contributed by atoms with E-state index in [-0.39, 0.29) is 6.03 Å². The van der Waals surface area contributed by atoms with E-state index in [9.17, 15) is 27.4 Å². The van der Waals surface area contributed by atoms with E-state index < -0.39 is 17.4 Å². The third-order valence-corrected chi connectivity index (χ3v) is 12.5. The third kappa shape index (κ3) is 23.8. The van der Waals surface area contributed by atoms with Crippen LogP contribution in [0.1, 0.15) is 70.6 Å². The first-order valence-corrected chi connectivity index (χ1v) is 20.2. The first-order chi connectivity index (χ1) is 22.5. The molecule has 2 heterocycles. The molecule has 0 aromatic rings. The molecule has 16 heteroatoms. The molecular weight excluding hydrogens is 661 g/mol. The lowest BCUT2D eigenvalue weighted by molar-refractivity contribution is -0.120. The Morgan fingerprint density at radius 3 is 1.10 bits per heavy atom. The molecule has 0 unspecified atom stereocenters. The van der Waals surface area contributed by atoms with Gasteiger partial charge in [0, 0.05) is 67.1 Å². The summed E-state index contributed by atoms with van der Waals surface area (Å²) < 4.78 is 52.8. The van der Waals surface area contributed by atoms with Gasteiger partial charge in [-0.2, -0.15) is 0 Å². The number of methoxy groups -OCH3 is 2. The predicted octanol–water partition coefficient (Wildman–Crippen LogP) is 3.90. The van der Waals surface area contributed by atoms with Crippen LogP contribution in [0.2, 0.25) is 0 Å². The van der Waals surface area contributed by atoms with Crippen LogP contribution in [0.5, 0.6) is 0 Å². The van der Waals surface area contributed by atoms with Crippen LogP contribution >= 0.6 is 7.59 Å². The number of sulfone groups is 1. The van der Waals surface area contributed by atoms with Crippen molar-refractivity contribution >= 4 is 35.0 Å². The molecule has 0 N–H and O–H groups in total. The van der Waals surface area contributed by atoms with Gasteiger partial charge in [0.25, 0.3) is 7.59 Å². The van der Waals surface area contributed by atoms with Crippen molar-refractivity contribution in [3.05, 3.63) is 0 Å². The minimum Gasteiger partial charge on any atom is -0.382 e. The molecule has 2 aliphatic heterocycles. The summed E-state index contributed by atoms with van der Waals surface area (Å²) in [6, 6.07) is 0.130. The monoisotopic (exact) mass is 729 g/mol. The van der Waals surface area contributed by atoms with Crippen LogP contribution < -0.4 is 0 Å². The van der Waals surface area contributed by atoms with Crippen molar-refractivity contribution in [2.45, 2.75) is 70.6 Å². The second-order valence-corrected chi connectivity index (χ2v) is 18.2. The van der Waals surface area contributed by atoms with Crippen LogP contribution in [0.15, 0.2) is 0 Å². The normalized spacial score (nSPS) is 18.6. The van der Waals surface area contributed by atoms with Crippen LogP contribution in [0.3, 0.4) is 0 Å². The molecular formula is C32H68N5O9PS. The van der Waals surface area contributed by atoms with Gasteiger partial charge in [-0.05, 0) is 80.8 Å². The van der Waals surface area contributed by atoms with Gasteiger partial charge >= 0.3 is 6.03 Å². The number of likely N-dealkylation sites (N-methyl/N-ethyl adjacent to an activating group) is 2. The van der Waals surface area contributed by atoms with Crippen molar-refractivity contribution < 1.29 is 41.6 Å². The molecule has 0 radical (unpaired) electrons. The molecule has 0 aromatic heterocycles. The van der Waals surface area contributed by atoms with Crippen LogP contribution in [-0.4, -0.2) is 171 Å². The van der Waals surface area contributed by atoms with E-state index in [1.807, 2.05) is 56.4 Å². The van der Waals surface area contributed by atoms with E-state index in [0.29, 0.717) is 49.5 Å². The first-order valence-electron chi connectivity index (χ1n) is 16.8. The largest absolute Gasteiger partial charge is 0.382 e. The molecule has 4 aliphatic rings. The molecule has 2 aliphatic carbocycles. The number of hydrogen-bond donors (Lipinski definition) is 0. The van der Waals surface area contributed by atoms with Crippen molar-refractivity contribution in [1.29, 1.82) is 0 Å². The highest BCUT2D eigenvalue weighted by atomic mass is 32.2. The first kappa shape index (κ1) is 48.7. The fourth-order valence-electron chi connectivity index (χ4n) is 4.70. The predicted molar refractivity (Wildman–Crippen MR) is 193 cm³/mol. The van der Waals surface area contributed by atoms with Gasteiger partial charge < -0.3 is 24.0 Å². The van der Waals surface area contributed by atoms with Crippen molar-refractivity contribution in [3.63, 3.8) is 0 Å². The summed E-state index contributed by atoms with van der Waals surface area (Å²) in [4.78, 5) is 34.9. The number of nitrogens with zero attached hydrogens (tertiary/aromatic N) is 5. The highest BCUT2D eigenvalue weighted by Crippen LogP contribution is 2.50. The van der Waals surface area contributed by atoms with E-state index in [1.54, 1.807) is 38.0 Å². The summed E-state index contributed by atoms with van der Waals surface area (Å²) in [5.74, 6) is 1.77. The average molecular weight is 730 g/mol. The van der Waals surface area contributed by atoms with Gasteiger partial charge in [-0.25, -0.2) is 27.2 Å². The van der Waals surface area contributed by atoms with Gasteiger partial charge in [-0.1, -0.05) is 6.42 Å². The van der Waals surface area contributed by atoms with Crippen molar-refractivity contribution in [1.82, 2.24) is 23.8 Å². The molecule has 0 bridgehead atoms. The Labute approximate surface area is 292 Å². The maximum atomic E-state index is 12.1. The van der Waals surface area contributed by atoms with E-state index in [1.165, 1.54) is 6.42 Å². The summed E-state index contributed by atoms with van der Waals surface area (Å²) in [6.07, 6.45) is 11.0. The van der Waals surface area contributed by atoms with Gasteiger partial charge in [-0.15, -0.1) is 0 Å².